The molecule has 0 fully saturated rings. The van der Waals surface area contributed by atoms with E-state index in [1.54, 1.807) is 0 Å². The maximum absolute atomic E-state index is 3.49. The summed E-state index contributed by atoms with van der Waals surface area (Å²) in [5.41, 5.74) is 8.01. The first-order valence-corrected chi connectivity index (χ1v) is 18.1. The predicted octanol–water partition coefficient (Wildman–Crippen LogP) is 6.29. The number of thioether (sulfide) groups is 4. The van der Waals surface area contributed by atoms with Gasteiger partial charge in [0, 0.05) is 0 Å². The summed E-state index contributed by atoms with van der Waals surface area (Å²) in [4.78, 5) is 0. The average molecular weight is 401 g/mol. The molecule has 1 aliphatic heterocycles. The second-order valence-electron chi connectivity index (χ2n) is 6.85. The van der Waals surface area contributed by atoms with Crippen molar-refractivity contribution in [3.05, 3.63) is 18.3 Å². The van der Waals surface area contributed by atoms with Gasteiger partial charge in [-0.25, -0.2) is 0 Å². The minimum Gasteiger partial charge on any atom is -0.126 e. The lowest BCUT2D eigenvalue weighted by Gasteiger charge is -2.06. The highest BCUT2D eigenvalue weighted by molar-refractivity contribution is 8.40. The fourth-order valence-electron chi connectivity index (χ4n) is 1.26. The molecule has 6 heteroatoms. The SMILES string of the molecule is CSC1=C(SC)SC(=C(C#C[Si](C)(C)C)C#C[Si](C)(C)C)S1. The highest BCUT2D eigenvalue weighted by atomic mass is 32.3. The molecule has 120 valence electrons. The standard InChI is InChI=1S/C16H24S4Si2/c1-17-15-16(18-2)20-14(19-15)13(9-11-21(3,4)5)10-12-22(6,7)8/h1-8H3. The molecule has 0 saturated heterocycles. The molecule has 0 aromatic rings. The van der Waals surface area contributed by atoms with Gasteiger partial charge in [0.25, 0.3) is 0 Å². The minimum atomic E-state index is -1.39. The molecule has 0 bridgehead atoms. The fourth-order valence-corrected chi connectivity index (χ4v) is 7.15. The van der Waals surface area contributed by atoms with Crippen LogP contribution in [-0.2, 0) is 0 Å². The van der Waals surface area contributed by atoms with Crippen molar-refractivity contribution in [2.45, 2.75) is 39.3 Å². The Hall–Kier alpha value is 0.434. The predicted molar refractivity (Wildman–Crippen MR) is 119 cm³/mol. The summed E-state index contributed by atoms with van der Waals surface area (Å²) >= 11 is 7.33. The Morgan fingerprint density at radius 3 is 1.41 bits per heavy atom. The van der Waals surface area contributed by atoms with Gasteiger partial charge in [-0.15, -0.1) is 34.6 Å². The van der Waals surface area contributed by atoms with E-state index in [1.165, 1.54) is 12.7 Å². The quantitative estimate of drug-likeness (QED) is 0.394. The van der Waals surface area contributed by atoms with Crippen molar-refractivity contribution in [3.8, 4) is 22.9 Å². The van der Waals surface area contributed by atoms with E-state index in [1.807, 2.05) is 47.0 Å². The highest BCUT2D eigenvalue weighted by Crippen LogP contribution is 2.57. The molecular formula is C16H24S4Si2. The van der Waals surface area contributed by atoms with Crippen molar-refractivity contribution < 1.29 is 0 Å². The third-order valence-corrected chi connectivity index (χ3v) is 9.21. The van der Waals surface area contributed by atoms with Gasteiger partial charge in [-0.1, -0.05) is 74.6 Å². The van der Waals surface area contributed by atoms with E-state index in [0.717, 1.165) is 5.57 Å². The van der Waals surface area contributed by atoms with Gasteiger partial charge in [0.15, 0.2) is 0 Å². The smallest absolute Gasteiger partial charge is 0.126 e. The third-order valence-electron chi connectivity index (χ3n) is 2.24. The molecule has 0 aromatic carbocycles. The average Bonchev–Trinajstić information content (AvgIpc) is 2.79. The fraction of sp³-hybridized carbons (Fsp3) is 0.500. The Balaban J connectivity index is 3.24. The zero-order valence-corrected chi connectivity index (χ0v) is 19.9. The van der Waals surface area contributed by atoms with Crippen LogP contribution in [0.25, 0.3) is 0 Å². The molecule has 22 heavy (non-hydrogen) atoms. The van der Waals surface area contributed by atoms with Crippen molar-refractivity contribution >= 4 is 63.2 Å². The molecule has 0 aliphatic carbocycles. The Morgan fingerprint density at radius 2 is 1.14 bits per heavy atom. The van der Waals surface area contributed by atoms with Crippen molar-refractivity contribution in [2.24, 2.45) is 0 Å². The van der Waals surface area contributed by atoms with E-state index in [0.29, 0.717) is 0 Å². The zero-order valence-electron chi connectivity index (χ0n) is 14.6. The Labute approximate surface area is 155 Å². The van der Waals surface area contributed by atoms with Crippen LogP contribution in [0.5, 0.6) is 0 Å². The van der Waals surface area contributed by atoms with Gasteiger partial charge in [0.1, 0.15) is 16.1 Å². The first-order chi connectivity index (χ1) is 10.1. The molecule has 0 atom stereocenters. The molecule has 0 nitrogen and oxygen atoms in total. The second kappa shape index (κ2) is 8.51. The van der Waals surface area contributed by atoms with Gasteiger partial charge in [-0.05, 0) is 12.5 Å². The molecule has 1 aliphatic rings. The molecule has 0 N–H and O–H groups in total. The van der Waals surface area contributed by atoms with E-state index < -0.39 is 16.1 Å². The summed E-state index contributed by atoms with van der Waals surface area (Å²) in [7, 11) is -2.78. The lowest BCUT2D eigenvalue weighted by Crippen LogP contribution is -2.17. The highest BCUT2D eigenvalue weighted by Gasteiger charge is 2.22. The first-order valence-electron chi connectivity index (χ1n) is 7.04. The van der Waals surface area contributed by atoms with Crippen molar-refractivity contribution in [3.63, 3.8) is 0 Å². The van der Waals surface area contributed by atoms with Crippen molar-refractivity contribution in [1.82, 2.24) is 0 Å². The molecule has 1 rings (SSSR count). The van der Waals surface area contributed by atoms with Crippen LogP contribution in [0.2, 0.25) is 39.3 Å². The zero-order chi connectivity index (χ0) is 17.0. The lowest BCUT2D eigenvalue weighted by molar-refractivity contribution is 1.79. The van der Waals surface area contributed by atoms with Crippen molar-refractivity contribution in [2.75, 3.05) is 12.5 Å². The largest absolute Gasteiger partial charge is 0.129 e. The van der Waals surface area contributed by atoms with Crippen LogP contribution in [0, 0.1) is 22.9 Å². The normalized spacial score (nSPS) is 15.2. The van der Waals surface area contributed by atoms with E-state index >= 15 is 0 Å². The van der Waals surface area contributed by atoms with Crippen LogP contribution in [0.15, 0.2) is 18.3 Å². The third kappa shape index (κ3) is 7.34. The first kappa shape index (κ1) is 20.5. The topological polar surface area (TPSA) is 0 Å². The van der Waals surface area contributed by atoms with Crippen LogP contribution in [0.4, 0.5) is 0 Å². The monoisotopic (exact) mass is 400 g/mol. The number of hydrogen-bond acceptors (Lipinski definition) is 4. The maximum atomic E-state index is 3.49. The summed E-state index contributed by atoms with van der Waals surface area (Å²) in [6.07, 6.45) is 4.28. The molecule has 0 unspecified atom stereocenters. The number of hydrogen-bond donors (Lipinski definition) is 0. The molecule has 0 amide bonds. The van der Waals surface area contributed by atoms with Crippen LogP contribution in [0.1, 0.15) is 0 Å². The molecule has 0 radical (unpaired) electrons. The second-order valence-corrected chi connectivity index (χ2v) is 20.8. The number of rotatable bonds is 2. The Kier molecular flexibility index (Phi) is 7.92. The Morgan fingerprint density at radius 1 is 0.773 bits per heavy atom. The lowest BCUT2D eigenvalue weighted by atomic mass is 10.3. The maximum Gasteiger partial charge on any atom is 0.129 e. The van der Waals surface area contributed by atoms with Crippen LogP contribution in [0.3, 0.4) is 0 Å². The van der Waals surface area contributed by atoms with E-state index in [-0.39, 0.29) is 0 Å². The van der Waals surface area contributed by atoms with Gasteiger partial charge in [-0.3, -0.25) is 0 Å². The summed E-state index contributed by atoms with van der Waals surface area (Å²) in [5.74, 6) is 6.83. The molecule has 0 saturated carbocycles. The molecule has 0 spiro atoms. The van der Waals surface area contributed by atoms with E-state index in [4.69, 9.17) is 0 Å². The van der Waals surface area contributed by atoms with Crippen molar-refractivity contribution in [1.29, 1.82) is 0 Å². The van der Waals surface area contributed by atoms with Gasteiger partial charge in [0.05, 0.1) is 18.3 Å². The number of allylic oxidation sites excluding steroid dienone is 1. The van der Waals surface area contributed by atoms with Crippen LogP contribution < -0.4 is 0 Å². The van der Waals surface area contributed by atoms with Crippen LogP contribution >= 0.6 is 47.0 Å². The summed E-state index contributed by atoms with van der Waals surface area (Å²) < 4.78 is 4.04. The minimum absolute atomic E-state index is 1.04. The van der Waals surface area contributed by atoms with Gasteiger partial charge >= 0.3 is 0 Å². The molecular weight excluding hydrogens is 377 g/mol. The van der Waals surface area contributed by atoms with Gasteiger partial charge < -0.3 is 0 Å². The summed E-state index contributed by atoms with van der Waals surface area (Å²) in [5, 5.41) is 0. The van der Waals surface area contributed by atoms with E-state index in [9.17, 15) is 0 Å². The summed E-state index contributed by atoms with van der Waals surface area (Å²) in [6, 6.07) is 0. The van der Waals surface area contributed by atoms with Crippen LogP contribution in [-0.4, -0.2) is 28.7 Å². The molecule has 0 aromatic heterocycles. The Bertz CT molecular complexity index is 559. The van der Waals surface area contributed by atoms with Gasteiger partial charge in [-0.2, -0.15) is 0 Å². The molecule has 1 heterocycles. The van der Waals surface area contributed by atoms with Gasteiger partial charge in [0.2, 0.25) is 0 Å². The van der Waals surface area contributed by atoms with E-state index in [2.05, 4.69) is 74.7 Å². The summed E-state index contributed by atoms with van der Waals surface area (Å²) in [6.45, 7) is 13.7.